The zero-order valence-electron chi connectivity index (χ0n) is 18.1. The van der Waals surface area contributed by atoms with Gasteiger partial charge < -0.3 is 14.0 Å². The SMILES string of the molecule is Cc1cccc(OCCCn2c(C(C)Oc3ccc(Cl)c(C)c3)nc3ccccc32)c1. The van der Waals surface area contributed by atoms with Crippen molar-refractivity contribution < 1.29 is 9.47 Å². The summed E-state index contributed by atoms with van der Waals surface area (Å²) < 4.78 is 14.4. The van der Waals surface area contributed by atoms with Gasteiger partial charge in [0.2, 0.25) is 0 Å². The van der Waals surface area contributed by atoms with Crippen molar-refractivity contribution in [2.45, 2.75) is 39.8 Å². The quantitative estimate of drug-likeness (QED) is 0.282. The minimum Gasteiger partial charge on any atom is -0.494 e. The first-order valence-electron chi connectivity index (χ1n) is 10.6. The van der Waals surface area contributed by atoms with Gasteiger partial charge in [0.15, 0.2) is 11.9 Å². The molecule has 4 aromatic rings. The summed E-state index contributed by atoms with van der Waals surface area (Å²) in [4.78, 5) is 4.87. The van der Waals surface area contributed by atoms with Crippen LogP contribution in [0.3, 0.4) is 0 Å². The molecule has 1 heterocycles. The van der Waals surface area contributed by atoms with E-state index in [9.17, 15) is 0 Å². The third-order valence-electron chi connectivity index (χ3n) is 5.27. The summed E-state index contributed by atoms with van der Waals surface area (Å²) in [6.07, 6.45) is 0.666. The Balaban J connectivity index is 1.50. The average Bonchev–Trinajstić information content (AvgIpc) is 3.13. The summed E-state index contributed by atoms with van der Waals surface area (Å²) in [7, 11) is 0. The first-order chi connectivity index (χ1) is 15.0. The van der Waals surface area contributed by atoms with E-state index in [2.05, 4.69) is 29.7 Å². The van der Waals surface area contributed by atoms with E-state index in [1.165, 1.54) is 5.56 Å². The van der Waals surface area contributed by atoms with Crippen molar-refractivity contribution in [3.05, 3.63) is 88.7 Å². The summed E-state index contributed by atoms with van der Waals surface area (Å²) in [6, 6.07) is 22.1. The van der Waals surface area contributed by atoms with Crippen LogP contribution in [0, 0.1) is 13.8 Å². The molecule has 0 N–H and O–H groups in total. The minimum absolute atomic E-state index is 0.203. The van der Waals surface area contributed by atoms with E-state index in [0.717, 1.165) is 51.9 Å². The summed E-state index contributed by atoms with van der Waals surface area (Å²) in [5, 5.41) is 0.737. The van der Waals surface area contributed by atoms with Crippen molar-refractivity contribution >= 4 is 22.6 Å². The standard InChI is InChI=1S/C26H27ClN2O2/c1-18-8-6-9-21(16-18)30-15-7-14-29-25-11-5-4-10-24(25)28-26(29)20(3)31-22-12-13-23(27)19(2)17-22/h4-6,8-13,16-17,20H,7,14-15H2,1-3H3. The number of aromatic nitrogens is 2. The van der Waals surface area contributed by atoms with Gasteiger partial charge in [-0.25, -0.2) is 4.98 Å². The van der Waals surface area contributed by atoms with Gasteiger partial charge in [-0.15, -0.1) is 0 Å². The predicted octanol–water partition coefficient (Wildman–Crippen LogP) is 6.92. The fraction of sp³-hybridized carbons (Fsp3) is 0.269. The Hall–Kier alpha value is -2.98. The van der Waals surface area contributed by atoms with E-state index < -0.39 is 0 Å². The molecule has 0 aliphatic rings. The molecule has 0 fully saturated rings. The highest BCUT2D eigenvalue weighted by molar-refractivity contribution is 6.31. The Bertz CT molecular complexity index is 1190. The second-order valence-electron chi connectivity index (χ2n) is 7.80. The largest absolute Gasteiger partial charge is 0.494 e. The van der Waals surface area contributed by atoms with Crippen LogP contribution >= 0.6 is 11.6 Å². The molecule has 3 aromatic carbocycles. The number of benzene rings is 3. The van der Waals surface area contributed by atoms with Gasteiger partial charge in [-0.2, -0.15) is 0 Å². The fourth-order valence-electron chi connectivity index (χ4n) is 3.70. The summed E-state index contributed by atoms with van der Waals surface area (Å²) in [5.41, 5.74) is 4.27. The molecule has 1 atom stereocenters. The molecule has 31 heavy (non-hydrogen) atoms. The molecule has 0 spiro atoms. The molecular formula is C26H27ClN2O2. The number of imidazole rings is 1. The van der Waals surface area contributed by atoms with E-state index in [-0.39, 0.29) is 6.10 Å². The first-order valence-corrected chi connectivity index (χ1v) is 11.0. The van der Waals surface area contributed by atoms with Gasteiger partial charge in [0.05, 0.1) is 17.6 Å². The van der Waals surface area contributed by atoms with Crippen molar-refractivity contribution in [1.29, 1.82) is 0 Å². The maximum atomic E-state index is 6.22. The first kappa shape index (κ1) is 21.3. The fourth-order valence-corrected chi connectivity index (χ4v) is 3.82. The predicted molar refractivity (Wildman–Crippen MR) is 126 cm³/mol. The van der Waals surface area contributed by atoms with Crippen molar-refractivity contribution in [2.75, 3.05) is 6.61 Å². The number of ether oxygens (including phenoxy) is 2. The summed E-state index contributed by atoms with van der Waals surface area (Å²) in [5.74, 6) is 2.60. The summed E-state index contributed by atoms with van der Waals surface area (Å²) in [6.45, 7) is 7.52. The number of fused-ring (bicyclic) bond motifs is 1. The maximum absolute atomic E-state index is 6.22. The zero-order chi connectivity index (χ0) is 21.8. The second-order valence-corrected chi connectivity index (χ2v) is 8.21. The smallest absolute Gasteiger partial charge is 0.153 e. The Labute approximate surface area is 188 Å². The highest BCUT2D eigenvalue weighted by atomic mass is 35.5. The van der Waals surface area contributed by atoms with Crippen molar-refractivity contribution in [2.24, 2.45) is 0 Å². The van der Waals surface area contributed by atoms with E-state index in [4.69, 9.17) is 26.1 Å². The molecule has 0 radical (unpaired) electrons. The maximum Gasteiger partial charge on any atom is 0.153 e. The monoisotopic (exact) mass is 434 g/mol. The normalized spacial score (nSPS) is 12.1. The Morgan fingerprint density at radius 2 is 1.81 bits per heavy atom. The van der Waals surface area contributed by atoms with Crippen molar-refractivity contribution in [1.82, 2.24) is 9.55 Å². The molecule has 4 rings (SSSR count). The summed E-state index contributed by atoms with van der Waals surface area (Å²) >= 11 is 6.15. The topological polar surface area (TPSA) is 36.3 Å². The zero-order valence-corrected chi connectivity index (χ0v) is 18.9. The number of hydrogen-bond acceptors (Lipinski definition) is 3. The van der Waals surface area contributed by atoms with Crippen LogP contribution in [0.2, 0.25) is 5.02 Å². The van der Waals surface area contributed by atoms with Crippen LogP contribution < -0.4 is 9.47 Å². The van der Waals surface area contributed by atoms with Gasteiger partial charge in [0.25, 0.3) is 0 Å². The number of nitrogens with zero attached hydrogens (tertiary/aromatic N) is 2. The van der Waals surface area contributed by atoms with E-state index >= 15 is 0 Å². The van der Waals surface area contributed by atoms with Gasteiger partial charge in [-0.1, -0.05) is 35.9 Å². The van der Waals surface area contributed by atoms with E-state index in [1.54, 1.807) is 0 Å². The molecule has 0 aliphatic carbocycles. The Morgan fingerprint density at radius 3 is 2.61 bits per heavy atom. The third kappa shape index (κ3) is 5.02. The van der Waals surface area contributed by atoms with Crippen LogP contribution in [0.4, 0.5) is 0 Å². The Morgan fingerprint density at radius 1 is 0.968 bits per heavy atom. The molecule has 0 saturated heterocycles. The lowest BCUT2D eigenvalue weighted by Gasteiger charge is -2.17. The highest BCUT2D eigenvalue weighted by Crippen LogP contribution is 2.28. The van der Waals surface area contributed by atoms with E-state index in [1.807, 2.05) is 62.4 Å². The number of rotatable bonds is 8. The molecule has 4 nitrogen and oxygen atoms in total. The number of para-hydroxylation sites is 2. The van der Waals surface area contributed by atoms with Gasteiger partial charge in [0.1, 0.15) is 11.5 Å². The lowest BCUT2D eigenvalue weighted by molar-refractivity contribution is 0.210. The van der Waals surface area contributed by atoms with Crippen LogP contribution in [-0.2, 0) is 6.54 Å². The van der Waals surface area contributed by atoms with Gasteiger partial charge in [-0.3, -0.25) is 0 Å². The molecule has 160 valence electrons. The van der Waals surface area contributed by atoms with Crippen LogP contribution in [-0.4, -0.2) is 16.2 Å². The second kappa shape index (κ2) is 9.44. The molecule has 1 unspecified atom stereocenters. The third-order valence-corrected chi connectivity index (χ3v) is 5.70. The van der Waals surface area contributed by atoms with Crippen LogP contribution in [0.1, 0.15) is 36.4 Å². The molecule has 1 aromatic heterocycles. The molecule has 0 saturated carbocycles. The van der Waals surface area contributed by atoms with Crippen molar-refractivity contribution in [3.8, 4) is 11.5 Å². The molecule has 0 aliphatic heterocycles. The van der Waals surface area contributed by atoms with Crippen LogP contribution in [0.5, 0.6) is 11.5 Å². The Kier molecular flexibility index (Phi) is 6.47. The molecule has 5 heteroatoms. The lowest BCUT2D eigenvalue weighted by Crippen LogP contribution is -2.13. The number of halogens is 1. The average molecular weight is 435 g/mol. The van der Waals surface area contributed by atoms with Crippen LogP contribution in [0.25, 0.3) is 11.0 Å². The molecule has 0 bridgehead atoms. The van der Waals surface area contributed by atoms with Gasteiger partial charge in [-0.05, 0) is 80.8 Å². The van der Waals surface area contributed by atoms with Crippen molar-refractivity contribution in [3.63, 3.8) is 0 Å². The highest BCUT2D eigenvalue weighted by Gasteiger charge is 2.18. The van der Waals surface area contributed by atoms with Crippen LogP contribution in [0.15, 0.2) is 66.7 Å². The number of aryl methyl sites for hydroxylation is 3. The number of hydrogen-bond donors (Lipinski definition) is 0. The minimum atomic E-state index is -0.203. The van der Waals surface area contributed by atoms with Gasteiger partial charge in [0, 0.05) is 11.6 Å². The van der Waals surface area contributed by atoms with E-state index in [0.29, 0.717) is 6.61 Å². The lowest BCUT2D eigenvalue weighted by atomic mass is 10.2. The molecular weight excluding hydrogens is 408 g/mol. The molecule has 0 amide bonds. The van der Waals surface area contributed by atoms with Gasteiger partial charge >= 0.3 is 0 Å².